The summed E-state index contributed by atoms with van der Waals surface area (Å²) in [6.45, 7) is 1.60. The average molecular weight is 239 g/mol. The molecule has 1 aromatic carbocycles. The van der Waals surface area contributed by atoms with Crippen molar-refractivity contribution < 1.29 is 4.79 Å². The number of hydrogen-bond donors (Lipinski definition) is 0. The van der Waals surface area contributed by atoms with E-state index in [4.69, 9.17) is 0 Å². The van der Waals surface area contributed by atoms with Gasteiger partial charge in [0.1, 0.15) is 0 Å². The highest BCUT2D eigenvalue weighted by molar-refractivity contribution is 5.97. The van der Waals surface area contributed by atoms with Crippen LogP contribution in [0.3, 0.4) is 0 Å². The lowest BCUT2D eigenvalue weighted by Crippen LogP contribution is -2.06. The van der Waals surface area contributed by atoms with Crippen LogP contribution in [0.2, 0.25) is 0 Å². The molecule has 3 rings (SSSR count). The van der Waals surface area contributed by atoms with E-state index in [2.05, 4.69) is 9.67 Å². The number of benzene rings is 1. The van der Waals surface area contributed by atoms with Crippen molar-refractivity contribution in [3.63, 3.8) is 0 Å². The van der Waals surface area contributed by atoms with Gasteiger partial charge in [-0.15, -0.1) is 0 Å². The van der Waals surface area contributed by atoms with Gasteiger partial charge in [0.2, 0.25) is 0 Å². The van der Waals surface area contributed by atoms with Crippen LogP contribution >= 0.6 is 0 Å². The zero-order chi connectivity index (χ0) is 12.4. The summed E-state index contributed by atoms with van der Waals surface area (Å²) in [6, 6.07) is 9.86. The normalized spacial score (nSPS) is 10.9. The summed E-state index contributed by atoms with van der Waals surface area (Å²) >= 11 is 0. The van der Waals surface area contributed by atoms with E-state index in [1.165, 1.54) is 0 Å². The number of rotatable bonds is 4. The SMILES string of the molecule is O=Cc1cn(CCn2cccn2)c2ccccc12. The minimum absolute atomic E-state index is 0.742. The molecule has 0 amide bonds. The second-order valence-electron chi connectivity index (χ2n) is 4.18. The van der Waals surface area contributed by atoms with Gasteiger partial charge in [-0.05, 0) is 12.1 Å². The molecular formula is C14H13N3O. The van der Waals surface area contributed by atoms with E-state index >= 15 is 0 Å². The standard InChI is InChI=1S/C14H13N3O/c18-11-12-10-16(8-9-17-7-3-6-15-17)14-5-2-1-4-13(12)14/h1-7,10-11H,8-9H2. The molecule has 2 aromatic heterocycles. The molecule has 0 N–H and O–H groups in total. The molecule has 0 saturated heterocycles. The molecule has 0 radical (unpaired) electrons. The number of hydrogen-bond acceptors (Lipinski definition) is 2. The second-order valence-corrected chi connectivity index (χ2v) is 4.18. The fraction of sp³-hybridized carbons (Fsp3) is 0.143. The maximum Gasteiger partial charge on any atom is 0.152 e. The number of fused-ring (bicyclic) bond motifs is 1. The van der Waals surface area contributed by atoms with Gasteiger partial charge in [-0.25, -0.2) is 0 Å². The van der Waals surface area contributed by atoms with E-state index in [-0.39, 0.29) is 0 Å². The van der Waals surface area contributed by atoms with E-state index in [1.807, 2.05) is 47.4 Å². The lowest BCUT2D eigenvalue weighted by molar-refractivity contribution is 0.112. The van der Waals surface area contributed by atoms with E-state index < -0.39 is 0 Å². The molecule has 0 saturated carbocycles. The van der Waals surface area contributed by atoms with Crippen molar-refractivity contribution in [1.29, 1.82) is 0 Å². The van der Waals surface area contributed by atoms with Gasteiger partial charge in [-0.2, -0.15) is 5.10 Å². The Morgan fingerprint density at radius 3 is 2.83 bits per heavy atom. The molecule has 0 aliphatic carbocycles. The smallest absolute Gasteiger partial charge is 0.152 e. The van der Waals surface area contributed by atoms with Crippen molar-refractivity contribution in [2.45, 2.75) is 13.1 Å². The van der Waals surface area contributed by atoms with Crippen LogP contribution in [0.5, 0.6) is 0 Å². The maximum absolute atomic E-state index is 11.0. The highest BCUT2D eigenvalue weighted by Crippen LogP contribution is 2.19. The predicted molar refractivity (Wildman–Crippen MR) is 69.6 cm³/mol. The fourth-order valence-corrected chi connectivity index (χ4v) is 2.20. The topological polar surface area (TPSA) is 39.8 Å². The van der Waals surface area contributed by atoms with Gasteiger partial charge in [0.15, 0.2) is 6.29 Å². The molecule has 4 nitrogen and oxygen atoms in total. The molecule has 0 atom stereocenters. The molecule has 18 heavy (non-hydrogen) atoms. The van der Waals surface area contributed by atoms with Crippen LogP contribution in [-0.2, 0) is 13.1 Å². The van der Waals surface area contributed by atoms with Crippen LogP contribution in [-0.4, -0.2) is 20.6 Å². The maximum atomic E-state index is 11.0. The molecular weight excluding hydrogens is 226 g/mol. The molecule has 0 spiro atoms. The molecule has 0 bridgehead atoms. The largest absolute Gasteiger partial charge is 0.345 e. The van der Waals surface area contributed by atoms with E-state index in [0.29, 0.717) is 0 Å². The minimum Gasteiger partial charge on any atom is -0.345 e. The number of carbonyl (C=O) groups excluding carboxylic acids is 1. The van der Waals surface area contributed by atoms with E-state index in [1.54, 1.807) is 6.20 Å². The van der Waals surface area contributed by atoms with Gasteiger partial charge < -0.3 is 4.57 Å². The first kappa shape index (κ1) is 10.8. The van der Waals surface area contributed by atoms with Crippen LogP contribution in [0, 0.1) is 0 Å². The Bertz CT molecular complexity index is 667. The third kappa shape index (κ3) is 1.82. The van der Waals surface area contributed by atoms with E-state index in [0.717, 1.165) is 35.8 Å². The molecule has 0 fully saturated rings. The third-order valence-corrected chi connectivity index (χ3v) is 3.08. The number of nitrogens with zero attached hydrogens (tertiary/aromatic N) is 3. The van der Waals surface area contributed by atoms with Crippen LogP contribution in [0.1, 0.15) is 10.4 Å². The molecule has 0 aliphatic heterocycles. The van der Waals surface area contributed by atoms with Crippen molar-refractivity contribution in [3.05, 3.63) is 54.5 Å². The first-order valence-electron chi connectivity index (χ1n) is 5.89. The number of aldehydes is 1. The van der Waals surface area contributed by atoms with Gasteiger partial charge in [0, 0.05) is 41.6 Å². The Hall–Kier alpha value is -2.36. The number of aryl methyl sites for hydroxylation is 2. The summed E-state index contributed by atoms with van der Waals surface area (Å²) in [6.07, 6.45) is 6.52. The van der Waals surface area contributed by atoms with Crippen molar-refractivity contribution in [3.8, 4) is 0 Å². The Balaban J connectivity index is 1.94. The lowest BCUT2D eigenvalue weighted by Gasteiger charge is -2.05. The van der Waals surface area contributed by atoms with Gasteiger partial charge in [0.25, 0.3) is 0 Å². The molecule has 3 aromatic rings. The molecule has 90 valence electrons. The zero-order valence-electron chi connectivity index (χ0n) is 9.86. The van der Waals surface area contributed by atoms with Gasteiger partial charge >= 0.3 is 0 Å². The van der Waals surface area contributed by atoms with Crippen molar-refractivity contribution in [1.82, 2.24) is 14.3 Å². The summed E-state index contributed by atoms with van der Waals surface area (Å²) in [7, 11) is 0. The molecule has 0 aliphatic rings. The van der Waals surface area contributed by atoms with Crippen molar-refractivity contribution in [2.24, 2.45) is 0 Å². The first-order chi connectivity index (χ1) is 8.88. The molecule has 4 heteroatoms. The molecule has 2 heterocycles. The van der Waals surface area contributed by atoms with Crippen LogP contribution in [0.15, 0.2) is 48.9 Å². The predicted octanol–water partition coefficient (Wildman–Crippen LogP) is 2.35. The number of aromatic nitrogens is 3. The quantitative estimate of drug-likeness (QED) is 0.656. The highest BCUT2D eigenvalue weighted by atomic mass is 16.1. The summed E-state index contributed by atoms with van der Waals surface area (Å²) in [4.78, 5) is 11.0. The van der Waals surface area contributed by atoms with E-state index in [9.17, 15) is 4.79 Å². The Labute approximate surface area is 104 Å². The highest BCUT2D eigenvalue weighted by Gasteiger charge is 2.06. The van der Waals surface area contributed by atoms with Crippen molar-refractivity contribution >= 4 is 17.2 Å². The first-order valence-corrected chi connectivity index (χ1v) is 5.89. The zero-order valence-corrected chi connectivity index (χ0v) is 9.86. The number of para-hydroxylation sites is 1. The monoisotopic (exact) mass is 239 g/mol. The molecule has 0 unspecified atom stereocenters. The Kier molecular flexibility index (Phi) is 2.68. The summed E-state index contributed by atoms with van der Waals surface area (Å²) in [5.74, 6) is 0. The minimum atomic E-state index is 0.742. The van der Waals surface area contributed by atoms with Crippen LogP contribution in [0.4, 0.5) is 0 Å². The van der Waals surface area contributed by atoms with Crippen LogP contribution < -0.4 is 0 Å². The van der Waals surface area contributed by atoms with Gasteiger partial charge in [-0.3, -0.25) is 9.48 Å². The van der Waals surface area contributed by atoms with Gasteiger partial charge in [-0.1, -0.05) is 18.2 Å². The van der Waals surface area contributed by atoms with Gasteiger partial charge in [0.05, 0.1) is 6.54 Å². The Morgan fingerprint density at radius 1 is 1.17 bits per heavy atom. The van der Waals surface area contributed by atoms with Crippen molar-refractivity contribution in [2.75, 3.05) is 0 Å². The number of carbonyl (C=O) groups is 1. The lowest BCUT2D eigenvalue weighted by atomic mass is 10.2. The van der Waals surface area contributed by atoms with Crippen LogP contribution in [0.25, 0.3) is 10.9 Å². The fourth-order valence-electron chi connectivity index (χ4n) is 2.20. The summed E-state index contributed by atoms with van der Waals surface area (Å²) < 4.78 is 3.98. The summed E-state index contributed by atoms with van der Waals surface area (Å²) in [5, 5.41) is 5.18. The third-order valence-electron chi connectivity index (χ3n) is 3.08. The summed E-state index contributed by atoms with van der Waals surface area (Å²) in [5.41, 5.74) is 1.83. The Morgan fingerprint density at radius 2 is 2.06 bits per heavy atom. The average Bonchev–Trinajstić information content (AvgIpc) is 3.04. The second kappa shape index (κ2) is 4.49.